The topological polar surface area (TPSA) is 98.7 Å². The van der Waals surface area contributed by atoms with Crippen molar-refractivity contribution in [2.45, 2.75) is 46.1 Å². The average Bonchev–Trinajstić information content (AvgIpc) is 3.34. The summed E-state index contributed by atoms with van der Waals surface area (Å²) < 4.78 is 5.80. The molecule has 1 atom stereocenters. The number of aromatic amines is 1. The number of unbranched alkanes of at least 4 members (excludes halogenated alkanes) is 1. The summed E-state index contributed by atoms with van der Waals surface area (Å²) in [5, 5.41) is 27.6. The molecule has 0 radical (unpaired) electrons. The normalized spacial score (nSPS) is 15.2. The zero-order valence-electron chi connectivity index (χ0n) is 19.4. The largest absolute Gasteiger partial charge is 0.507 e. The molecule has 7 heteroatoms. The van der Waals surface area contributed by atoms with Crippen LogP contribution in [0.5, 0.6) is 11.5 Å². The second kappa shape index (κ2) is 9.67. The lowest BCUT2D eigenvalue weighted by Crippen LogP contribution is -2.31. The molecule has 1 aromatic heterocycles. The SMILES string of the molecule is CCCCOc1ccc(C2c3c(-c4cc(C)cc(C)c4O)n[nH]c3C(=O)N2CCCO)cc1. The number of aryl methyl sites for hydroxylation is 2. The summed E-state index contributed by atoms with van der Waals surface area (Å²) in [5.74, 6) is 0.793. The van der Waals surface area contributed by atoms with Gasteiger partial charge in [-0.1, -0.05) is 31.5 Å². The minimum Gasteiger partial charge on any atom is -0.507 e. The van der Waals surface area contributed by atoms with Crippen LogP contribution >= 0.6 is 0 Å². The Bertz CT molecular complexity index is 1140. The number of aliphatic hydroxyl groups excluding tert-OH is 1. The van der Waals surface area contributed by atoms with Gasteiger partial charge in [-0.2, -0.15) is 5.10 Å². The minimum atomic E-state index is -0.377. The zero-order chi connectivity index (χ0) is 23.5. The van der Waals surface area contributed by atoms with Gasteiger partial charge in [0.05, 0.1) is 12.6 Å². The number of rotatable bonds is 9. The molecule has 0 saturated heterocycles. The van der Waals surface area contributed by atoms with Crippen LogP contribution < -0.4 is 4.74 Å². The van der Waals surface area contributed by atoms with Crippen LogP contribution in [-0.4, -0.2) is 51.0 Å². The number of hydrogen-bond donors (Lipinski definition) is 3. The van der Waals surface area contributed by atoms with E-state index >= 15 is 0 Å². The molecule has 0 aliphatic carbocycles. The van der Waals surface area contributed by atoms with Crippen molar-refractivity contribution < 1.29 is 19.7 Å². The first-order valence-corrected chi connectivity index (χ1v) is 11.5. The van der Waals surface area contributed by atoms with Gasteiger partial charge in [-0.15, -0.1) is 0 Å². The van der Waals surface area contributed by atoms with Crippen LogP contribution in [0.2, 0.25) is 0 Å². The lowest BCUT2D eigenvalue weighted by atomic mass is 9.94. The summed E-state index contributed by atoms with van der Waals surface area (Å²) in [6.07, 6.45) is 2.54. The molecule has 1 aliphatic rings. The highest BCUT2D eigenvalue weighted by molar-refractivity contribution is 6.00. The number of benzene rings is 2. The summed E-state index contributed by atoms with van der Waals surface area (Å²) in [6.45, 7) is 7.02. The number of ether oxygens (including phenoxy) is 1. The summed E-state index contributed by atoms with van der Waals surface area (Å²) in [7, 11) is 0. The Hall–Kier alpha value is -3.32. The zero-order valence-corrected chi connectivity index (χ0v) is 19.4. The number of aliphatic hydroxyl groups is 1. The van der Waals surface area contributed by atoms with Crippen LogP contribution in [0, 0.1) is 13.8 Å². The molecule has 0 bridgehead atoms. The van der Waals surface area contributed by atoms with Crippen molar-refractivity contribution in [2.75, 3.05) is 19.8 Å². The molecule has 2 aromatic carbocycles. The monoisotopic (exact) mass is 449 g/mol. The molecule has 0 spiro atoms. The fourth-order valence-electron chi connectivity index (χ4n) is 4.44. The van der Waals surface area contributed by atoms with Crippen LogP contribution in [0.3, 0.4) is 0 Å². The maximum atomic E-state index is 13.3. The summed E-state index contributed by atoms with van der Waals surface area (Å²) in [4.78, 5) is 15.0. The molecule has 3 aromatic rings. The highest BCUT2D eigenvalue weighted by Gasteiger charge is 2.42. The predicted molar refractivity (Wildman–Crippen MR) is 127 cm³/mol. The third kappa shape index (κ3) is 4.33. The van der Waals surface area contributed by atoms with Gasteiger partial charge in [0.15, 0.2) is 0 Å². The van der Waals surface area contributed by atoms with E-state index in [4.69, 9.17) is 4.74 Å². The molecule has 1 unspecified atom stereocenters. The Morgan fingerprint density at radius 1 is 1.15 bits per heavy atom. The minimum absolute atomic E-state index is 0.00237. The second-order valence-electron chi connectivity index (χ2n) is 8.59. The van der Waals surface area contributed by atoms with Gasteiger partial charge >= 0.3 is 0 Å². The van der Waals surface area contributed by atoms with Gasteiger partial charge in [-0.05, 0) is 61.6 Å². The van der Waals surface area contributed by atoms with E-state index in [1.165, 1.54) is 0 Å². The van der Waals surface area contributed by atoms with E-state index in [2.05, 4.69) is 17.1 Å². The van der Waals surface area contributed by atoms with Crippen molar-refractivity contribution in [2.24, 2.45) is 0 Å². The summed E-state index contributed by atoms with van der Waals surface area (Å²) >= 11 is 0. The molecule has 2 heterocycles. The van der Waals surface area contributed by atoms with Gasteiger partial charge in [-0.25, -0.2) is 0 Å². The smallest absolute Gasteiger partial charge is 0.273 e. The molecule has 0 saturated carbocycles. The Kier molecular flexibility index (Phi) is 6.70. The number of hydrogen-bond acceptors (Lipinski definition) is 5. The van der Waals surface area contributed by atoms with Crippen LogP contribution in [0.25, 0.3) is 11.3 Å². The molecule has 4 rings (SSSR count). The summed E-state index contributed by atoms with van der Waals surface area (Å²) in [6, 6.07) is 11.2. The number of carbonyl (C=O) groups excluding carboxylic acids is 1. The van der Waals surface area contributed by atoms with E-state index in [1.807, 2.05) is 50.2 Å². The molecule has 0 fully saturated rings. The molecule has 1 aliphatic heterocycles. The number of carbonyl (C=O) groups is 1. The second-order valence-corrected chi connectivity index (χ2v) is 8.59. The van der Waals surface area contributed by atoms with Crippen LogP contribution in [-0.2, 0) is 0 Å². The van der Waals surface area contributed by atoms with Crippen LogP contribution in [0.4, 0.5) is 0 Å². The van der Waals surface area contributed by atoms with E-state index in [-0.39, 0.29) is 24.3 Å². The van der Waals surface area contributed by atoms with Crippen LogP contribution in [0.1, 0.15) is 65.0 Å². The van der Waals surface area contributed by atoms with Crippen LogP contribution in [0.15, 0.2) is 36.4 Å². The number of amides is 1. The van der Waals surface area contributed by atoms with Gasteiger partial charge in [0.2, 0.25) is 0 Å². The van der Waals surface area contributed by atoms with E-state index in [1.54, 1.807) is 4.90 Å². The number of phenolic OH excluding ortho intramolecular Hbond substituents is 1. The number of H-pyrrole nitrogens is 1. The van der Waals surface area contributed by atoms with Crippen molar-refractivity contribution in [3.05, 3.63) is 64.3 Å². The molecule has 7 nitrogen and oxygen atoms in total. The third-order valence-electron chi connectivity index (χ3n) is 6.08. The summed E-state index contributed by atoms with van der Waals surface area (Å²) in [5.41, 5.74) is 5.03. The molecule has 3 N–H and O–H groups in total. The number of nitrogens with zero attached hydrogens (tertiary/aromatic N) is 2. The average molecular weight is 450 g/mol. The first-order chi connectivity index (χ1) is 16.0. The maximum Gasteiger partial charge on any atom is 0.273 e. The number of fused-ring (bicyclic) bond motifs is 1. The number of aromatic hydroxyl groups is 1. The Morgan fingerprint density at radius 2 is 1.91 bits per heavy atom. The standard InChI is InChI=1S/C26H31N3O4/c1-4-5-13-33-19-9-7-18(8-10-19)24-21-22(20-15-16(2)14-17(3)25(20)31)27-28-23(21)26(32)29(24)11-6-12-30/h7-10,14-15,24,30-31H,4-6,11-13H2,1-3H3,(H,27,28). The third-order valence-corrected chi connectivity index (χ3v) is 6.08. The van der Waals surface area contributed by atoms with Crippen molar-refractivity contribution in [3.8, 4) is 22.8 Å². The fraction of sp³-hybridized carbons (Fsp3) is 0.385. The fourth-order valence-corrected chi connectivity index (χ4v) is 4.44. The van der Waals surface area contributed by atoms with Crippen molar-refractivity contribution in [1.82, 2.24) is 15.1 Å². The first kappa shape index (κ1) is 22.9. The van der Waals surface area contributed by atoms with Gasteiger partial charge in [0, 0.05) is 24.3 Å². The maximum absolute atomic E-state index is 13.3. The van der Waals surface area contributed by atoms with E-state index in [0.29, 0.717) is 36.5 Å². The Balaban J connectivity index is 1.78. The lowest BCUT2D eigenvalue weighted by Gasteiger charge is -2.26. The molecule has 33 heavy (non-hydrogen) atoms. The number of phenols is 1. The highest BCUT2D eigenvalue weighted by atomic mass is 16.5. The van der Waals surface area contributed by atoms with Gasteiger partial charge in [0.25, 0.3) is 5.91 Å². The lowest BCUT2D eigenvalue weighted by molar-refractivity contribution is 0.0732. The van der Waals surface area contributed by atoms with E-state index in [9.17, 15) is 15.0 Å². The van der Waals surface area contributed by atoms with Gasteiger partial charge < -0.3 is 19.8 Å². The van der Waals surface area contributed by atoms with E-state index in [0.717, 1.165) is 40.8 Å². The molecule has 174 valence electrons. The predicted octanol–water partition coefficient (Wildman–Crippen LogP) is 4.51. The Labute approximate surface area is 194 Å². The highest BCUT2D eigenvalue weighted by Crippen LogP contribution is 2.45. The van der Waals surface area contributed by atoms with Crippen molar-refractivity contribution >= 4 is 5.91 Å². The van der Waals surface area contributed by atoms with Gasteiger partial charge in [-0.3, -0.25) is 9.89 Å². The molecular formula is C26H31N3O4. The number of aromatic nitrogens is 2. The van der Waals surface area contributed by atoms with Gasteiger partial charge in [0.1, 0.15) is 22.9 Å². The molecule has 1 amide bonds. The quantitative estimate of drug-likeness (QED) is 0.418. The van der Waals surface area contributed by atoms with Crippen molar-refractivity contribution in [1.29, 1.82) is 0 Å². The van der Waals surface area contributed by atoms with E-state index < -0.39 is 0 Å². The number of nitrogens with one attached hydrogen (secondary N) is 1. The molecular weight excluding hydrogens is 418 g/mol. The van der Waals surface area contributed by atoms with Crippen molar-refractivity contribution in [3.63, 3.8) is 0 Å². The first-order valence-electron chi connectivity index (χ1n) is 11.5. The Morgan fingerprint density at radius 3 is 2.61 bits per heavy atom.